The van der Waals surface area contributed by atoms with Gasteiger partial charge in [-0.1, -0.05) is 32.0 Å². The molecule has 136 valence electrons. The number of esters is 1. The average Bonchev–Trinajstić information content (AvgIpc) is 2.97. The number of para-hydroxylation sites is 1. The molecular formula is C20H28N2O3. The Morgan fingerprint density at radius 1 is 1.12 bits per heavy atom. The Morgan fingerprint density at radius 3 is 2.44 bits per heavy atom. The van der Waals surface area contributed by atoms with Crippen LogP contribution in [0.25, 0.3) is 0 Å². The van der Waals surface area contributed by atoms with Crippen molar-refractivity contribution in [2.24, 2.45) is 5.41 Å². The van der Waals surface area contributed by atoms with Gasteiger partial charge in [0.1, 0.15) is 6.10 Å². The summed E-state index contributed by atoms with van der Waals surface area (Å²) >= 11 is 0. The van der Waals surface area contributed by atoms with Gasteiger partial charge in [-0.2, -0.15) is 0 Å². The number of cyclic esters (lactones) is 1. The predicted octanol–water partition coefficient (Wildman–Crippen LogP) is 2.85. The molecule has 2 aliphatic rings. The maximum Gasteiger partial charge on any atom is 0.312 e. The molecule has 1 unspecified atom stereocenters. The number of hydrogen-bond acceptors (Lipinski definition) is 4. The molecule has 0 aliphatic carbocycles. The number of rotatable bonds is 6. The van der Waals surface area contributed by atoms with Crippen LogP contribution >= 0.6 is 0 Å². The highest BCUT2D eigenvalue weighted by molar-refractivity contribution is 5.95. The molecule has 5 heteroatoms. The van der Waals surface area contributed by atoms with Crippen molar-refractivity contribution < 1.29 is 14.3 Å². The molecular weight excluding hydrogens is 316 g/mol. The summed E-state index contributed by atoms with van der Waals surface area (Å²) < 4.78 is 5.61. The molecule has 0 saturated carbocycles. The summed E-state index contributed by atoms with van der Waals surface area (Å²) in [5.41, 5.74) is 0.680. The second-order valence-corrected chi connectivity index (χ2v) is 7.16. The van der Waals surface area contributed by atoms with Crippen LogP contribution in [0.5, 0.6) is 0 Å². The van der Waals surface area contributed by atoms with E-state index >= 15 is 0 Å². The Kier molecular flexibility index (Phi) is 5.42. The topological polar surface area (TPSA) is 49.9 Å². The molecule has 1 aromatic rings. The highest BCUT2D eigenvalue weighted by Crippen LogP contribution is 2.41. The van der Waals surface area contributed by atoms with Gasteiger partial charge in [-0.3, -0.25) is 14.5 Å². The lowest BCUT2D eigenvalue weighted by Gasteiger charge is -2.34. The standard InChI is InChI=1S/C20H28N2O3/c1-3-20(4-2)14-17(25-19(20)24)10-11-21-12-13-22(18(23)15-21)16-8-6-5-7-9-16/h5-9,17H,3-4,10-15H2,1-2H3. The van der Waals surface area contributed by atoms with E-state index in [2.05, 4.69) is 18.7 Å². The van der Waals surface area contributed by atoms with Crippen LogP contribution in [0.4, 0.5) is 5.69 Å². The number of carbonyl (C=O) groups excluding carboxylic acids is 2. The van der Waals surface area contributed by atoms with Crippen LogP contribution in [0.1, 0.15) is 39.5 Å². The smallest absolute Gasteiger partial charge is 0.312 e. The number of carbonyl (C=O) groups is 2. The Morgan fingerprint density at radius 2 is 1.84 bits per heavy atom. The zero-order valence-corrected chi connectivity index (χ0v) is 15.2. The van der Waals surface area contributed by atoms with E-state index in [-0.39, 0.29) is 23.4 Å². The Bertz CT molecular complexity index is 613. The van der Waals surface area contributed by atoms with Gasteiger partial charge in [-0.15, -0.1) is 0 Å². The molecule has 1 amide bonds. The molecule has 1 aromatic carbocycles. The van der Waals surface area contributed by atoms with E-state index in [4.69, 9.17) is 4.74 Å². The Balaban J connectivity index is 1.50. The third kappa shape index (κ3) is 3.71. The van der Waals surface area contributed by atoms with Gasteiger partial charge in [0.25, 0.3) is 0 Å². The molecule has 0 spiro atoms. The van der Waals surface area contributed by atoms with Crippen molar-refractivity contribution in [3.8, 4) is 0 Å². The van der Waals surface area contributed by atoms with Gasteiger partial charge in [0.15, 0.2) is 0 Å². The number of hydrogen-bond donors (Lipinski definition) is 0. The van der Waals surface area contributed by atoms with Crippen molar-refractivity contribution in [2.45, 2.75) is 45.6 Å². The fourth-order valence-electron chi connectivity index (χ4n) is 3.95. The van der Waals surface area contributed by atoms with E-state index in [9.17, 15) is 9.59 Å². The first-order valence-electron chi connectivity index (χ1n) is 9.37. The van der Waals surface area contributed by atoms with Gasteiger partial charge in [-0.05, 0) is 31.4 Å². The second-order valence-electron chi connectivity index (χ2n) is 7.16. The van der Waals surface area contributed by atoms with Gasteiger partial charge in [0.05, 0.1) is 12.0 Å². The van der Waals surface area contributed by atoms with E-state index in [0.717, 1.165) is 44.5 Å². The number of anilines is 1. The van der Waals surface area contributed by atoms with Crippen LogP contribution in [-0.2, 0) is 14.3 Å². The van der Waals surface area contributed by atoms with Gasteiger partial charge in [-0.25, -0.2) is 0 Å². The minimum Gasteiger partial charge on any atom is -0.462 e. The highest BCUT2D eigenvalue weighted by Gasteiger charge is 2.46. The maximum atomic E-state index is 12.4. The zero-order chi connectivity index (χ0) is 17.9. The molecule has 0 bridgehead atoms. The monoisotopic (exact) mass is 344 g/mol. The third-order valence-electron chi connectivity index (χ3n) is 5.81. The number of ether oxygens (including phenoxy) is 1. The van der Waals surface area contributed by atoms with Crippen LogP contribution in [0.15, 0.2) is 30.3 Å². The summed E-state index contributed by atoms with van der Waals surface area (Å²) in [4.78, 5) is 28.6. The van der Waals surface area contributed by atoms with E-state index in [0.29, 0.717) is 13.1 Å². The lowest BCUT2D eigenvalue weighted by atomic mass is 9.79. The molecule has 25 heavy (non-hydrogen) atoms. The normalized spacial score (nSPS) is 23.8. The summed E-state index contributed by atoms with van der Waals surface area (Å²) in [6.45, 7) is 6.93. The van der Waals surface area contributed by atoms with E-state index in [1.807, 2.05) is 35.2 Å². The lowest BCUT2D eigenvalue weighted by Crippen LogP contribution is -2.51. The number of piperazine rings is 1. The minimum atomic E-state index is -0.285. The van der Waals surface area contributed by atoms with Crippen LogP contribution < -0.4 is 4.90 Å². The van der Waals surface area contributed by atoms with Crippen LogP contribution in [0.2, 0.25) is 0 Å². The molecule has 1 atom stereocenters. The average molecular weight is 344 g/mol. The summed E-state index contributed by atoms with van der Waals surface area (Å²) in [6, 6.07) is 9.81. The molecule has 0 aromatic heterocycles. The second kappa shape index (κ2) is 7.56. The SMILES string of the molecule is CCC1(CC)CC(CCN2CCN(c3ccccc3)C(=O)C2)OC1=O. The Labute approximate surface area is 149 Å². The van der Waals surface area contributed by atoms with Gasteiger partial charge in [0, 0.05) is 31.7 Å². The lowest BCUT2D eigenvalue weighted by molar-refractivity contribution is -0.149. The van der Waals surface area contributed by atoms with Crippen molar-refractivity contribution in [2.75, 3.05) is 31.1 Å². The Hall–Kier alpha value is -1.88. The summed E-state index contributed by atoms with van der Waals surface area (Å²) in [7, 11) is 0. The number of benzene rings is 1. The molecule has 0 radical (unpaired) electrons. The van der Waals surface area contributed by atoms with Gasteiger partial charge >= 0.3 is 5.97 Å². The summed E-state index contributed by atoms with van der Waals surface area (Å²) in [5.74, 6) is 0.102. The predicted molar refractivity (Wildman–Crippen MR) is 97.4 cm³/mol. The maximum absolute atomic E-state index is 12.4. The highest BCUT2D eigenvalue weighted by atomic mass is 16.6. The number of amides is 1. The van der Waals surface area contributed by atoms with Crippen molar-refractivity contribution in [1.82, 2.24) is 4.90 Å². The van der Waals surface area contributed by atoms with Crippen LogP contribution in [0.3, 0.4) is 0 Å². The molecule has 3 rings (SSSR count). The quantitative estimate of drug-likeness (QED) is 0.745. The molecule has 2 saturated heterocycles. The van der Waals surface area contributed by atoms with Gasteiger partial charge < -0.3 is 9.64 Å². The molecule has 5 nitrogen and oxygen atoms in total. The fraction of sp³-hybridized carbons (Fsp3) is 0.600. The van der Waals surface area contributed by atoms with E-state index in [1.165, 1.54) is 0 Å². The molecule has 2 fully saturated rings. The van der Waals surface area contributed by atoms with Crippen molar-refractivity contribution in [3.05, 3.63) is 30.3 Å². The molecule has 0 N–H and O–H groups in total. The largest absolute Gasteiger partial charge is 0.462 e. The first-order valence-corrected chi connectivity index (χ1v) is 9.37. The van der Waals surface area contributed by atoms with Crippen molar-refractivity contribution in [1.29, 1.82) is 0 Å². The van der Waals surface area contributed by atoms with Gasteiger partial charge in [0.2, 0.25) is 5.91 Å². The first-order chi connectivity index (χ1) is 12.1. The minimum absolute atomic E-state index is 0.00495. The summed E-state index contributed by atoms with van der Waals surface area (Å²) in [5, 5.41) is 0. The molecule has 2 aliphatic heterocycles. The third-order valence-corrected chi connectivity index (χ3v) is 5.81. The van der Waals surface area contributed by atoms with E-state index in [1.54, 1.807) is 0 Å². The fourth-order valence-corrected chi connectivity index (χ4v) is 3.95. The van der Waals surface area contributed by atoms with Crippen LogP contribution in [-0.4, -0.2) is 49.1 Å². The first kappa shape index (κ1) is 17.9. The zero-order valence-electron chi connectivity index (χ0n) is 15.2. The van der Waals surface area contributed by atoms with E-state index < -0.39 is 0 Å². The van der Waals surface area contributed by atoms with Crippen molar-refractivity contribution in [3.63, 3.8) is 0 Å². The van der Waals surface area contributed by atoms with Crippen LogP contribution in [0, 0.1) is 5.41 Å². The number of nitrogens with zero attached hydrogens (tertiary/aromatic N) is 2. The summed E-state index contributed by atoms with van der Waals surface area (Å²) in [6.07, 6.45) is 3.30. The molecule has 2 heterocycles. The van der Waals surface area contributed by atoms with Crippen molar-refractivity contribution >= 4 is 17.6 Å².